The summed E-state index contributed by atoms with van der Waals surface area (Å²) in [4.78, 5) is 15.4. The van der Waals surface area contributed by atoms with Crippen molar-refractivity contribution in [2.75, 3.05) is 31.9 Å². The minimum absolute atomic E-state index is 0.112. The number of nitrogens with zero attached hydrogens (tertiary/aromatic N) is 2. The number of hydrogen-bond donors (Lipinski definition) is 1. The van der Waals surface area contributed by atoms with Crippen molar-refractivity contribution in [3.05, 3.63) is 34.9 Å². The molecule has 1 atom stereocenters. The molecule has 6 nitrogen and oxygen atoms in total. The Bertz CT molecular complexity index is 1080. The van der Waals surface area contributed by atoms with E-state index in [2.05, 4.69) is 24.1 Å². The Morgan fingerprint density at radius 2 is 1.71 bits per heavy atom. The summed E-state index contributed by atoms with van der Waals surface area (Å²) < 4.78 is 64.9. The van der Waals surface area contributed by atoms with Crippen LogP contribution in [-0.4, -0.2) is 61.6 Å². The van der Waals surface area contributed by atoms with Crippen LogP contribution < -0.4 is 5.32 Å². The molecule has 38 heavy (non-hydrogen) atoms. The van der Waals surface area contributed by atoms with Crippen molar-refractivity contribution >= 4 is 15.9 Å². The maximum absolute atomic E-state index is 13.1. The summed E-state index contributed by atoms with van der Waals surface area (Å²) in [5, 5.41) is 3.04. The molecule has 0 aromatic heterocycles. The van der Waals surface area contributed by atoms with E-state index < -0.39 is 22.1 Å². The SMILES string of the molecule is CCS(=O)(=O)N1CCC(CNC(=O)c2ccc3c(c2)CN(CC2CCC(C(F)(F)F)CC2)[C@@H]3C(C)C)CC1. The van der Waals surface area contributed by atoms with Crippen LogP contribution in [0.4, 0.5) is 13.2 Å². The van der Waals surface area contributed by atoms with Crippen LogP contribution >= 0.6 is 0 Å². The number of carbonyl (C=O) groups excluding carboxylic acids is 1. The minimum atomic E-state index is -4.08. The highest BCUT2D eigenvalue weighted by Crippen LogP contribution is 2.43. The highest BCUT2D eigenvalue weighted by atomic mass is 32.2. The van der Waals surface area contributed by atoms with Crippen LogP contribution in [0.3, 0.4) is 0 Å². The summed E-state index contributed by atoms with van der Waals surface area (Å²) in [5.74, 6) is -0.295. The van der Waals surface area contributed by atoms with Crippen LogP contribution in [0.1, 0.15) is 86.8 Å². The lowest BCUT2D eigenvalue weighted by Gasteiger charge is -2.35. The van der Waals surface area contributed by atoms with E-state index in [0.29, 0.717) is 50.5 Å². The molecule has 214 valence electrons. The van der Waals surface area contributed by atoms with Crippen molar-refractivity contribution in [2.24, 2.45) is 23.7 Å². The molecule has 10 heteroatoms. The van der Waals surface area contributed by atoms with Crippen LogP contribution in [0.5, 0.6) is 0 Å². The summed E-state index contributed by atoms with van der Waals surface area (Å²) >= 11 is 0. The number of carbonyl (C=O) groups is 1. The first-order chi connectivity index (χ1) is 17.9. The lowest BCUT2D eigenvalue weighted by Crippen LogP contribution is -2.42. The van der Waals surface area contributed by atoms with Gasteiger partial charge in [-0.15, -0.1) is 0 Å². The van der Waals surface area contributed by atoms with Crippen molar-refractivity contribution in [3.63, 3.8) is 0 Å². The van der Waals surface area contributed by atoms with Gasteiger partial charge >= 0.3 is 6.18 Å². The number of sulfonamides is 1. The molecule has 4 rings (SSSR count). The Kier molecular flexibility index (Phi) is 9.14. The van der Waals surface area contributed by atoms with Crippen LogP contribution in [0, 0.1) is 23.7 Å². The first-order valence-electron chi connectivity index (χ1n) is 14.1. The van der Waals surface area contributed by atoms with E-state index >= 15 is 0 Å². The molecule has 1 amide bonds. The van der Waals surface area contributed by atoms with E-state index in [4.69, 9.17) is 0 Å². The van der Waals surface area contributed by atoms with Gasteiger partial charge in [0.1, 0.15) is 0 Å². The average molecular weight is 558 g/mol. The number of halogens is 3. The number of hydrogen-bond acceptors (Lipinski definition) is 4. The molecule has 1 saturated carbocycles. The number of piperidine rings is 1. The largest absolute Gasteiger partial charge is 0.391 e. The predicted octanol–water partition coefficient (Wildman–Crippen LogP) is 5.36. The number of benzene rings is 1. The Morgan fingerprint density at radius 1 is 1.05 bits per heavy atom. The summed E-state index contributed by atoms with van der Waals surface area (Å²) in [7, 11) is -3.16. The van der Waals surface area contributed by atoms with Gasteiger partial charge < -0.3 is 5.32 Å². The Balaban J connectivity index is 1.32. The second-order valence-corrected chi connectivity index (χ2v) is 14.0. The van der Waals surface area contributed by atoms with Gasteiger partial charge in [0, 0.05) is 44.3 Å². The molecule has 0 radical (unpaired) electrons. The molecular weight excluding hydrogens is 515 g/mol. The maximum Gasteiger partial charge on any atom is 0.391 e. The second-order valence-electron chi connectivity index (χ2n) is 11.7. The zero-order chi connectivity index (χ0) is 27.7. The first-order valence-corrected chi connectivity index (χ1v) is 15.7. The number of nitrogens with one attached hydrogen (secondary N) is 1. The molecule has 1 aromatic rings. The van der Waals surface area contributed by atoms with Gasteiger partial charge in [0.25, 0.3) is 5.91 Å². The van der Waals surface area contributed by atoms with Crippen LogP contribution in [0.15, 0.2) is 18.2 Å². The second kappa shape index (κ2) is 11.8. The molecule has 0 spiro atoms. The van der Waals surface area contributed by atoms with Gasteiger partial charge in [0.05, 0.1) is 11.7 Å². The molecule has 1 saturated heterocycles. The lowest BCUT2D eigenvalue weighted by atomic mass is 9.81. The topological polar surface area (TPSA) is 69.7 Å². The standard InChI is InChI=1S/C28H42F3N3O3S/c1-4-38(36,37)34-13-11-20(12-14-34)16-32-27(35)22-7-10-25-23(15-22)18-33(26(25)19(2)3)17-21-5-8-24(9-6-21)28(29,30)31/h7,10,15,19-21,24,26H,4-6,8-9,11-14,16-18H2,1-3H3,(H,32,35)/t21?,24?,26-/m1/s1. The fourth-order valence-corrected chi connectivity index (χ4v) is 7.69. The molecule has 1 N–H and O–H groups in total. The summed E-state index contributed by atoms with van der Waals surface area (Å²) in [6.45, 7) is 9.02. The fraction of sp³-hybridized carbons (Fsp3) is 0.750. The fourth-order valence-electron chi connectivity index (χ4n) is 6.56. The Hall–Kier alpha value is -1.65. The molecule has 0 unspecified atom stereocenters. The van der Waals surface area contributed by atoms with Crippen LogP contribution in [0.25, 0.3) is 0 Å². The summed E-state index contributed by atoms with van der Waals surface area (Å²) in [5.41, 5.74) is 2.95. The number of amides is 1. The third-order valence-electron chi connectivity index (χ3n) is 8.81. The zero-order valence-electron chi connectivity index (χ0n) is 22.8. The maximum atomic E-state index is 13.1. The van der Waals surface area contributed by atoms with E-state index in [1.807, 2.05) is 18.2 Å². The first kappa shape index (κ1) is 29.3. The summed E-state index contributed by atoms with van der Waals surface area (Å²) in [6, 6.07) is 6.09. The molecule has 2 heterocycles. The van der Waals surface area contributed by atoms with Gasteiger partial charge in [-0.25, -0.2) is 12.7 Å². The van der Waals surface area contributed by atoms with Gasteiger partial charge in [0.15, 0.2) is 0 Å². The smallest absolute Gasteiger partial charge is 0.352 e. The average Bonchev–Trinajstić information content (AvgIpc) is 3.24. The van der Waals surface area contributed by atoms with Gasteiger partial charge in [0.2, 0.25) is 10.0 Å². The van der Waals surface area contributed by atoms with Crippen LogP contribution in [-0.2, 0) is 16.6 Å². The van der Waals surface area contributed by atoms with E-state index in [9.17, 15) is 26.4 Å². The van der Waals surface area contributed by atoms with Gasteiger partial charge in [-0.05, 0) is 86.5 Å². The molecule has 0 bridgehead atoms. The highest BCUT2D eigenvalue weighted by Gasteiger charge is 2.42. The Morgan fingerprint density at radius 3 is 2.29 bits per heavy atom. The third-order valence-corrected chi connectivity index (χ3v) is 10.7. The molecule has 1 aromatic carbocycles. The number of fused-ring (bicyclic) bond motifs is 1. The number of rotatable bonds is 8. The van der Waals surface area contributed by atoms with Crippen LogP contribution in [0.2, 0.25) is 0 Å². The summed E-state index contributed by atoms with van der Waals surface area (Å²) in [6.07, 6.45) is -0.950. The highest BCUT2D eigenvalue weighted by molar-refractivity contribution is 7.89. The Labute approximate surface area is 225 Å². The quantitative estimate of drug-likeness (QED) is 0.467. The van der Waals surface area contributed by atoms with Gasteiger partial charge in [-0.2, -0.15) is 13.2 Å². The van der Waals surface area contributed by atoms with Crippen molar-refractivity contribution in [2.45, 2.75) is 78.1 Å². The van der Waals surface area contributed by atoms with E-state index in [-0.39, 0.29) is 42.4 Å². The van der Waals surface area contributed by atoms with Gasteiger partial charge in [-0.1, -0.05) is 19.9 Å². The van der Waals surface area contributed by atoms with Crippen molar-refractivity contribution in [1.82, 2.24) is 14.5 Å². The molecule has 1 aliphatic carbocycles. The number of alkyl halides is 3. The monoisotopic (exact) mass is 557 g/mol. The normalized spacial score (nSPS) is 26.0. The molecule has 3 aliphatic rings. The van der Waals surface area contributed by atoms with Gasteiger partial charge in [-0.3, -0.25) is 9.69 Å². The van der Waals surface area contributed by atoms with E-state index in [1.165, 1.54) is 5.56 Å². The van der Waals surface area contributed by atoms with E-state index in [1.54, 1.807) is 11.2 Å². The van der Waals surface area contributed by atoms with Crippen molar-refractivity contribution < 1.29 is 26.4 Å². The van der Waals surface area contributed by atoms with E-state index in [0.717, 1.165) is 24.9 Å². The minimum Gasteiger partial charge on any atom is -0.352 e. The third kappa shape index (κ3) is 6.73. The predicted molar refractivity (Wildman–Crippen MR) is 142 cm³/mol. The van der Waals surface area contributed by atoms with Crippen molar-refractivity contribution in [3.8, 4) is 0 Å². The zero-order valence-corrected chi connectivity index (χ0v) is 23.6. The molecule has 2 fully saturated rings. The molecule has 2 aliphatic heterocycles. The molecular formula is C28H42F3N3O3S. The van der Waals surface area contributed by atoms with Crippen molar-refractivity contribution in [1.29, 1.82) is 0 Å². The lowest BCUT2D eigenvalue weighted by molar-refractivity contribution is -0.184.